The first-order valence-electron chi connectivity index (χ1n) is 7.06. The number of carbonyl (C=O) groups excluding carboxylic acids is 1. The van der Waals surface area contributed by atoms with E-state index in [-0.39, 0.29) is 5.57 Å². The van der Waals surface area contributed by atoms with Gasteiger partial charge in [0.1, 0.15) is 17.4 Å². The Morgan fingerprint density at radius 1 is 1.17 bits per heavy atom. The third-order valence-electron chi connectivity index (χ3n) is 3.13. The summed E-state index contributed by atoms with van der Waals surface area (Å²) >= 11 is 0. The van der Waals surface area contributed by atoms with Crippen LogP contribution in [0.5, 0.6) is 5.75 Å². The van der Waals surface area contributed by atoms with Crippen molar-refractivity contribution in [2.45, 2.75) is 6.54 Å². The molecule has 0 unspecified atom stereocenters. The Hall–Kier alpha value is -3.26. The largest absolute Gasteiger partial charge is 0.497 e. The maximum atomic E-state index is 12.0. The van der Waals surface area contributed by atoms with E-state index >= 15 is 0 Å². The van der Waals surface area contributed by atoms with Crippen molar-refractivity contribution >= 4 is 11.6 Å². The van der Waals surface area contributed by atoms with Crippen LogP contribution in [0.25, 0.3) is 0 Å². The van der Waals surface area contributed by atoms with Gasteiger partial charge in [-0.1, -0.05) is 30.3 Å². The Bertz CT molecular complexity index is 716. The van der Waals surface area contributed by atoms with Crippen LogP contribution >= 0.6 is 0 Å². The number of nitrogens with one attached hydrogen (secondary N) is 2. The Labute approximate surface area is 135 Å². The smallest absolute Gasteiger partial charge is 0.263 e. The van der Waals surface area contributed by atoms with E-state index in [0.717, 1.165) is 17.0 Å². The van der Waals surface area contributed by atoms with Crippen LogP contribution in [-0.4, -0.2) is 13.0 Å². The quantitative estimate of drug-likeness (QED) is 0.636. The molecule has 2 N–H and O–H groups in total. The van der Waals surface area contributed by atoms with Gasteiger partial charge in [-0.2, -0.15) is 5.26 Å². The second kappa shape index (κ2) is 8.25. The van der Waals surface area contributed by atoms with Crippen molar-refractivity contribution in [1.29, 1.82) is 5.26 Å². The lowest BCUT2D eigenvalue weighted by Crippen LogP contribution is -2.24. The van der Waals surface area contributed by atoms with Gasteiger partial charge in [-0.15, -0.1) is 0 Å². The number of benzene rings is 2. The van der Waals surface area contributed by atoms with Crippen molar-refractivity contribution in [3.05, 3.63) is 71.9 Å². The van der Waals surface area contributed by atoms with Crippen LogP contribution < -0.4 is 15.4 Å². The minimum atomic E-state index is -0.419. The van der Waals surface area contributed by atoms with Gasteiger partial charge in [0.2, 0.25) is 0 Å². The van der Waals surface area contributed by atoms with Gasteiger partial charge in [0.15, 0.2) is 0 Å². The van der Waals surface area contributed by atoms with Gasteiger partial charge in [-0.25, -0.2) is 0 Å². The fourth-order valence-electron chi connectivity index (χ4n) is 1.86. The van der Waals surface area contributed by atoms with Crippen LogP contribution in [0.3, 0.4) is 0 Å². The van der Waals surface area contributed by atoms with Crippen LogP contribution in [0.2, 0.25) is 0 Å². The molecule has 0 aliphatic carbocycles. The molecule has 0 aliphatic heterocycles. The minimum absolute atomic E-state index is 0.0109. The zero-order valence-electron chi connectivity index (χ0n) is 12.7. The highest BCUT2D eigenvalue weighted by molar-refractivity contribution is 5.97. The molecule has 23 heavy (non-hydrogen) atoms. The molecule has 2 aromatic rings. The van der Waals surface area contributed by atoms with Gasteiger partial charge in [0.05, 0.1) is 7.11 Å². The highest BCUT2D eigenvalue weighted by Crippen LogP contribution is 2.15. The van der Waals surface area contributed by atoms with Gasteiger partial charge in [-0.05, 0) is 29.8 Å². The molecule has 0 atom stereocenters. The summed E-state index contributed by atoms with van der Waals surface area (Å²) in [6, 6.07) is 18.6. The molecule has 0 aromatic heterocycles. The second-order valence-electron chi connectivity index (χ2n) is 4.71. The predicted octanol–water partition coefficient (Wildman–Crippen LogP) is 2.83. The average molecular weight is 307 g/mol. The van der Waals surface area contributed by atoms with Crippen LogP contribution in [0, 0.1) is 11.3 Å². The summed E-state index contributed by atoms with van der Waals surface area (Å²) in [5.41, 5.74) is 1.74. The molecule has 0 saturated carbocycles. The van der Waals surface area contributed by atoms with Gasteiger partial charge in [0.25, 0.3) is 5.91 Å². The molecule has 2 aromatic carbocycles. The zero-order chi connectivity index (χ0) is 16.5. The van der Waals surface area contributed by atoms with Crippen LogP contribution in [0.15, 0.2) is 66.4 Å². The molecule has 5 nitrogen and oxygen atoms in total. The number of nitrogens with zero attached hydrogens (tertiary/aromatic N) is 1. The number of rotatable bonds is 6. The number of methoxy groups -OCH3 is 1. The molecule has 1 amide bonds. The van der Waals surface area contributed by atoms with Crippen molar-refractivity contribution in [3.8, 4) is 11.8 Å². The van der Waals surface area contributed by atoms with Crippen molar-refractivity contribution in [3.63, 3.8) is 0 Å². The molecule has 116 valence electrons. The summed E-state index contributed by atoms with van der Waals surface area (Å²) in [5.74, 6) is 0.318. The molecule has 0 saturated heterocycles. The summed E-state index contributed by atoms with van der Waals surface area (Å²) in [7, 11) is 1.59. The van der Waals surface area contributed by atoms with E-state index < -0.39 is 5.91 Å². The number of hydrogen-bond acceptors (Lipinski definition) is 4. The lowest BCUT2D eigenvalue weighted by Gasteiger charge is -2.06. The van der Waals surface area contributed by atoms with Crippen molar-refractivity contribution in [2.24, 2.45) is 0 Å². The summed E-state index contributed by atoms with van der Waals surface area (Å²) in [4.78, 5) is 12.0. The number of nitriles is 1. The van der Waals surface area contributed by atoms with E-state index in [2.05, 4.69) is 10.6 Å². The predicted molar refractivity (Wildman–Crippen MR) is 88.6 cm³/mol. The number of ether oxygens (including phenoxy) is 1. The fourth-order valence-corrected chi connectivity index (χ4v) is 1.86. The monoisotopic (exact) mass is 307 g/mol. The van der Waals surface area contributed by atoms with E-state index in [9.17, 15) is 4.79 Å². The molecule has 2 rings (SSSR count). The summed E-state index contributed by atoms with van der Waals surface area (Å²) in [6.45, 7) is 0.376. The molecule has 0 heterocycles. The Kier molecular flexibility index (Phi) is 5.78. The minimum Gasteiger partial charge on any atom is -0.497 e. The van der Waals surface area contributed by atoms with Crippen LogP contribution in [0.1, 0.15) is 5.56 Å². The van der Waals surface area contributed by atoms with Crippen molar-refractivity contribution < 1.29 is 9.53 Å². The fraction of sp³-hybridized carbons (Fsp3) is 0.111. The first-order valence-corrected chi connectivity index (χ1v) is 7.06. The van der Waals surface area contributed by atoms with E-state index in [1.165, 1.54) is 6.20 Å². The summed E-state index contributed by atoms with van der Waals surface area (Å²) in [5, 5.41) is 14.8. The second-order valence-corrected chi connectivity index (χ2v) is 4.71. The van der Waals surface area contributed by atoms with Crippen molar-refractivity contribution in [1.82, 2.24) is 5.32 Å². The lowest BCUT2D eigenvalue weighted by atomic mass is 10.2. The Balaban J connectivity index is 1.94. The third kappa shape index (κ3) is 4.90. The SMILES string of the molecule is COc1ccc(N/C=C(/C#N)C(=O)NCc2ccccc2)cc1. The molecule has 0 fully saturated rings. The Morgan fingerprint density at radius 2 is 1.87 bits per heavy atom. The van der Waals surface area contributed by atoms with Crippen LogP contribution in [-0.2, 0) is 11.3 Å². The van der Waals surface area contributed by atoms with E-state index in [0.29, 0.717) is 6.54 Å². The van der Waals surface area contributed by atoms with Gasteiger partial charge < -0.3 is 15.4 Å². The number of carbonyl (C=O) groups is 1. The first-order chi connectivity index (χ1) is 11.2. The van der Waals surface area contributed by atoms with E-state index in [4.69, 9.17) is 10.00 Å². The maximum Gasteiger partial charge on any atom is 0.263 e. The van der Waals surface area contributed by atoms with Gasteiger partial charge in [0, 0.05) is 18.4 Å². The normalized spacial score (nSPS) is 10.5. The molecular formula is C18H17N3O2. The standard InChI is InChI=1S/C18H17N3O2/c1-23-17-9-7-16(8-10-17)20-13-15(11-19)18(22)21-12-14-5-3-2-4-6-14/h2-10,13,20H,12H2,1H3,(H,21,22)/b15-13-. The topological polar surface area (TPSA) is 74.1 Å². The molecule has 0 radical (unpaired) electrons. The van der Waals surface area contributed by atoms with Crippen LogP contribution in [0.4, 0.5) is 5.69 Å². The number of anilines is 1. The lowest BCUT2D eigenvalue weighted by molar-refractivity contribution is -0.117. The summed E-state index contributed by atoms with van der Waals surface area (Å²) in [6.07, 6.45) is 1.39. The summed E-state index contributed by atoms with van der Waals surface area (Å²) < 4.78 is 5.07. The highest BCUT2D eigenvalue weighted by atomic mass is 16.5. The molecule has 0 spiro atoms. The first kappa shape index (κ1) is 16.1. The maximum absolute atomic E-state index is 12.0. The highest BCUT2D eigenvalue weighted by Gasteiger charge is 2.08. The third-order valence-corrected chi connectivity index (χ3v) is 3.13. The van der Waals surface area contributed by atoms with E-state index in [1.807, 2.05) is 36.4 Å². The Morgan fingerprint density at radius 3 is 2.48 bits per heavy atom. The molecular weight excluding hydrogens is 290 g/mol. The molecule has 0 bridgehead atoms. The van der Waals surface area contributed by atoms with Gasteiger partial charge in [-0.3, -0.25) is 4.79 Å². The van der Waals surface area contributed by atoms with Crippen molar-refractivity contribution in [2.75, 3.05) is 12.4 Å². The molecule has 5 heteroatoms. The zero-order valence-corrected chi connectivity index (χ0v) is 12.7. The number of amides is 1. The number of hydrogen-bond donors (Lipinski definition) is 2. The molecule has 0 aliphatic rings. The van der Waals surface area contributed by atoms with Gasteiger partial charge >= 0.3 is 0 Å². The van der Waals surface area contributed by atoms with E-state index in [1.54, 1.807) is 31.4 Å². The average Bonchev–Trinajstić information content (AvgIpc) is 2.62.